The third kappa shape index (κ3) is 3.26. The standard InChI is InChI=1S/C14H12BrNO3S/c1-20(18,19)13-9-5-2-6-10(13)14(17)16-12-8-4-3-7-11(12)15/h2-9H,1H3,(H,16,17). The van der Waals surface area contributed by atoms with E-state index in [1.54, 1.807) is 30.3 Å². The van der Waals surface area contributed by atoms with Crippen molar-refractivity contribution in [1.29, 1.82) is 0 Å². The summed E-state index contributed by atoms with van der Waals surface area (Å²) in [7, 11) is -3.45. The third-order valence-electron chi connectivity index (χ3n) is 2.65. The average molecular weight is 354 g/mol. The molecular formula is C14H12BrNO3S. The van der Waals surface area contributed by atoms with E-state index in [1.807, 2.05) is 6.07 Å². The first kappa shape index (κ1) is 14.7. The number of amides is 1. The van der Waals surface area contributed by atoms with Gasteiger partial charge in [0.25, 0.3) is 5.91 Å². The lowest BCUT2D eigenvalue weighted by molar-refractivity contribution is 0.102. The zero-order valence-corrected chi connectivity index (χ0v) is 13.0. The van der Waals surface area contributed by atoms with Gasteiger partial charge in [-0.05, 0) is 40.2 Å². The number of carbonyl (C=O) groups excluding carboxylic acids is 1. The van der Waals surface area contributed by atoms with Gasteiger partial charge in [0, 0.05) is 10.7 Å². The summed E-state index contributed by atoms with van der Waals surface area (Å²) in [6, 6.07) is 13.2. The zero-order valence-electron chi connectivity index (χ0n) is 10.6. The first-order valence-electron chi connectivity index (χ1n) is 5.74. The quantitative estimate of drug-likeness (QED) is 0.921. The van der Waals surface area contributed by atoms with Gasteiger partial charge in [0.1, 0.15) is 0 Å². The van der Waals surface area contributed by atoms with Crippen LogP contribution in [0.5, 0.6) is 0 Å². The minimum absolute atomic E-state index is 0.0181. The fourth-order valence-electron chi connectivity index (χ4n) is 1.73. The van der Waals surface area contributed by atoms with Crippen LogP contribution in [0.2, 0.25) is 0 Å². The molecule has 0 heterocycles. The molecule has 1 N–H and O–H groups in total. The molecule has 0 aromatic heterocycles. The van der Waals surface area contributed by atoms with Crippen LogP contribution in [0.1, 0.15) is 10.4 Å². The highest BCUT2D eigenvalue weighted by Gasteiger charge is 2.18. The molecule has 2 rings (SSSR count). The Hall–Kier alpha value is -1.66. The van der Waals surface area contributed by atoms with E-state index in [4.69, 9.17) is 0 Å². The summed E-state index contributed by atoms with van der Waals surface area (Å²) in [6.45, 7) is 0. The molecule has 0 atom stereocenters. The number of halogens is 1. The predicted octanol–water partition coefficient (Wildman–Crippen LogP) is 3.10. The predicted molar refractivity (Wildman–Crippen MR) is 81.6 cm³/mol. The van der Waals surface area contributed by atoms with Crippen molar-refractivity contribution in [3.8, 4) is 0 Å². The summed E-state index contributed by atoms with van der Waals surface area (Å²) in [5.41, 5.74) is 0.714. The second-order valence-electron chi connectivity index (χ2n) is 4.20. The monoisotopic (exact) mass is 353 g/mol. The SMILES string of the molecule is CS(=O)(=O)c1ccccc1C(=O)Nc1ccccc1Br. The molecule has 2 aromatic rings. The highest BCUT2D eigenvalue weighted by Crippen LogP contribution is 2.23. The van der Waals surface area contributed by atoms with Crippen molar-refractivity contribution in [3.63, 3.8) is 0 Å². The van der Waals surface area contributed by atoms with E-state index < -0.39 is 15.7 Å². The number of sulfone groups is 1. The fourth-order valence-corrected chi connectivity index (χ4v) is 3.00. The number of hydrogen-bond acceptors (Lipinski definition) is 3. The van der Waals surface area contributed by atoms with Crippen LogP contribution in [0.25, 0.3) is 0 Å². The maximum absolute atomic E-state index is 12.2. The van der Waals surface area contributed by atoms with Crippen LogP contribution in [0.3, 0.4) is 0 Å². The molecule has 0 spiro atoms. The molecular weight excluding hydrogens is 342 g/mol. The molecule has 2 aromatic carbocycles. The number of nitrogens with one attached hydrogen (secondary N) is 1. The van der Waals surface area contributed by atoms with E-state index in [-0.39, 0.29) is 10.5 Å². The Kier molecular flexibility index (Phi) is 4.25. The Balaban J connectivity index is 2.39. The third-order valence-corrected chi connectivity index (χ3v) is 4.50. The maximum Gasteiger partial charge on any atom is 0.257 e. The van der Waals surface area contributed by atoms with Crippen molar-refractivity contribution in [1.82, 2.24) is 0 Å². The van der Waals surface area contributed by atoms with Crippen molar-refractivity contribution in [3.05, 3.63) is 58.6 Å². The molecule has 0 saturated carbocycles. The summed E-state index contributed by atoms with van der Waals surface area (Å²) < 4.78 is 24.1. The molecule has 4 nitrogen and oxygen atoms in total. The van der Waals surface area contributed by atoms with E-state index >= 15 is 0 Å². The van der Waals surface area contributed by atoms with Gasteiger partial charge in [0.15, 0.2) is 9.84 Å². The summed E-state index contributed by atoms with van der Waals surface area (Å²) in [6.07, 6.45) is 1.08. The van der Waals surface area contributed by atoms with Gasteiger partial charge in [-0.1, -0.05) is 24.3 Å². The summed E-state index contributed by atoms with van der Waals surface area (Å²) in [5.74, 6) is -0.460. The van der Waals surface area contributed by atoms with Gasteiger partial charge >= 0.3 is 0 Å². The van der Waals surface area contributed by atoms with Gasteiger partial charge in [-0.3, -0.25) is 4.79 Å². The highest BCUT2D eigenvalue weighted by atomic mass is 79.9. The molecule has 0 aliphatic rings. The van der Waals surface area contributed by atoms with Crippen molar-refractivity contribution in [2.45, 2.75) is 4.90 Å². The molecule has 0 aliphatic carbocycles. The van der Waals surface area contributed by atoms with Crippen molar-refractivity contribution >= 4 is 37.4 Å². The molecule has 0 radical (unpaired) electrons. The first-order chi connectivity index (χ1) is 9.39. The zero-order chi connectivity index (χ0) is 14.8. The Morgan fingerprint density at radius 3 is 2.30 bits per heavy atom. The van der Waals surface area contributed by atoms with Crippen LogP contribution in [-0.2, 0) is 9.84 Å². The van der Waals surface area contributed by atoms with Crippen LogP contribution < -0.4 is 5.32 Å². The number of rotatable bonds is 3. The van der Waals surface area contributed by atoms with Gasteiger partial charge in [0.05, 0.1) is 16.1 Å². The molecule has 0 saturated heterocycles. The Bertz CT molecular complexity index is 757. The van der Waals surface area contributed by atoms with Crippen molar-refractivity contribution in [2.75, 3.05) is 11.6 Å². The molecule has 0 bridgehead atoms. The average Bonchev–Trinajstić information content (AvgIpc) is 2.40. The van der Waals surface area contributed by atoms with Crippen LogP contribution in [0.4, 0.5) is 5.69 Å². The lowest BCUT2D eigenvalue weighted by atomic mass is 10.2. The van der Waals surface area contributed by atoms with E-state index in [0.717, 1.165) is 10.7 Å². The van der Waals surface area contributed by atoms with Crippen molar-refractivity contribution in [2.24, 2.45) is 0 Å². The summed E-state index contributed by atoms with van der Waals surface area (Å²) >= 11 is 3.32. The number of benzene rings is 2. The lowest BCUT2D eigenvalue weighted by Crippen LogP contribution is -2.16. The van der Waals surface area contributed by atoms with Gasteiger partial charge in [0.2, 0.25) is 0 Å². The smallest absolute Gasteiger partial charge is 0.257 e. The van der Waals surface area contributed by atoms with Crippen molar-refractivity contribution < 1.29 is 13.2 Å². The Morgan fingerprint density at radius 2 is 1.65 bits per heavy atom. The van der Waals surface area contributed by atoms with E-state index in [0.29, 0.717) is 5.69 Å². The largest absolute Gasteiger partial charge is 0.321 e. The summed E-state index contributed by atoms with van der Waals surface area (Å²) in [5, 5.41) is 2.69. The molecule has 0 fully saturated rings. The molecule has 1 amide bonds. The van der Waals surface area contributed by atoms with E-state index in [1.165, 1.54) is 12.1 Å². The normalized spacial score (nSPS) is 11.1. The minimum atomic E-state index is -3.45. The topological polar surface area (TPSA) is 63.2 Å². The fraction of sp³-hybridized carbons (Fsp3) is 0.0714. The summed E-state index contributed by atoms with van der Waals surface area (Å²) in [4.78, 5) is 12.3. The molecule has 20 heavy (non-hydrogen) atoms. The second-order valence-corrected chi connectivity index (χ2v) is 7.04. The van der Waals surface area contributed by atoms with Crippen LogP contribution in [-0.4, -0.2) is 20.6 Å². The Labute approximate surface area is 125 Å². The van der Waals surface area contributed by atoms with Gasteiger partial charge in [-0.15, -0.1) is 0 Å². The molecule has 104 valence electrons. The molecule has 0 unspecified atom stereocenters. The molecule has 0 aliphatic heterocycles. The molecule has 6 heteroatoms. The maximum atomic E-state index is 12.2. The number of anilines is 1. The number of para-hydroxylation sites is 1. The highest BCUT2D eigenvalue weighted by molar-refractivity contribution is 9.10. The second kappa shape index (κ2) is 5.76. The van der Waals surface area contributed by atoms with Crippen LogP contribution in [0, 0.1) is 0 Å². The Morgan fingerprint density at radius 1 is 1.05 bits per heavy atom. The van der Waals surface area contributed by atoms with Gasteiger partial charge in [-0.2, -0.15) is 0 Å². The van der Waals surface area contributed by atoms with E-state index in [9.17, 15) is 13.2 Å². The van der Waals surface area contributed by atoms with Gasteiger partial charge < -0.3 is 5.32 Å². The van der Waals surface area contributed by atoms with Crippen LogP contribution in [0.15, 0.2) is 57.9 Å². The van der Waals surface area contributed by atoms with Gasteiger partial charge in [-0.25, -0.2) is 8.42 Å². The van der Waals surface area contributed by atoms with Crippen LogP contribution >= 0.6 is 15.9 Å². The lowest BCUT2D eigenvalue weighted by Gasteiger charge is -2.10. The first-order valence-corrected chi connectivity index (χ1v) is 8.43. The number of hydrogen-bond donors (Lipinski definition) is 1. The number of carbonyl (C=O) groups is 1. The van der Waals surface area contributed by atoms with E-state index in [2.05, 4.69) is 21.2 Å². The minimum Gasteiger partial charge on any atom is -0.321 e.